The van der Waals surface area contributed by atoms with Crippen LogP contribution in [-0.2, 0) is 17.6 Å². The molecule has 238 valence electrons. The van der Waals surface area contributed by atoms with E-state index >= 15 is 0 Å². The summed E-state index contributed by atoms with van der Waals surface area (Å²) < 4.78 is 0. The molecule has 6 rings (SSSR count). The van der Waals surface area contributed by atoms with Gasteiger partial charge in [-0.1, -0.05) is 45.0 Å². The Morgan fingerprint density at radius 2 is 1.87 bits per heavy atom. The van der Waals surface area contributed by atoms with E-state index in [1.165, 1.54) is 28.7 Å². The van der Waals surface area contributed by atoms with Crippen molar-refractivity contribution in [3.05, 3.63) is 86.8 Å². The maximum Gasteiger partial charge on any atom is 0.290 e. The van der Waals surface area contributed by atoms with Crippen molar-refractivity contribution in [1.29, 1.82) is 0 Å². The van der Waals surface area contributed by atoms with Gasteiger partial charge in [-0.15, -0.1) is 11.3 Å². The molecule has 0 radical (unpaired) electrons. The van der Waals surface area contributed by atoms with Crippen molar-refractivity contribution in [3.63, 3.8) is 0 Å². The van der Waals surface area contributed by atoms with Crippen LogP contribution in [0.5, 0.6) is 0 Å². The smallest absolute Gasteiger partial charge is 0.290 e. The van der Waals surface area contributed by atoms with Crippen LogP contribution >= 0.6 is 11.3 Å². The highest BCUT2D eigenvalue weighted by Gasteiger charge is 2.36. The predicted octanol–water partition coefficient (Wildman–Crippen LogP) is 5.43. The van der Waals surface area contributed by atoms with E-state index in [-0.39, 0.29) is 29.4 Å². The molecule has 10 heteroatoms. The lowest BCUT2D eigenvalue weighted by Gasteiger charge is -2.44. The molecule has 4 aromatic rings. The number of H-pyrrole nitrogens is 1. The van der Waals surface area contributed by atoms with Crippen molar-refractivity contribution in [1.82, 2.24) is 20.2 Å². The Balaban J connectivity index is 0.00000128. The van der Waals surface area contributed by atoms with Gasteiger partial charge in [0.25, 0.3) is 12.4 Å². The lowest BCUT2D eigenvalue weighted by atomic mass is 9.71. The normalized spacial score (nSPS) is 18.2. The van der Waals surface area contributed by atoms with Crippen molar-refractivity contribution < 1.29 is 19.8 Å². The van der Waals surface area contributed by atoms with Gasteiger partial charge in [0, 0.05) is 43.0 Å². The molecule has 9 nitrogen and oxygen atoms in total. The average Bonchev–Trinajstić information content (AvgIpc) is 3.40. The number of benzene rings is 1. The van der Waals surface area contributed by atoms with Gasteiger partial charge in [-0.05, 0) is 84.4 Å². The van der Waals surface area contributed by atoms with Crippen LogP contribution in [0, 0.1) is 11.3 Å². The van der Waals surface area contributed by atoms with E-state index < -0.39 is 5.60 Å². The number of likely N-dealkylation sites (tertiary alicyclic amines) is 1. The number of rotatable bonds is 7. The van der Waals surface area contributed by atoms with Crippen molar-refractivity contribution in [3.8, 4) is 11.1 Å². The molecule has 2 atom stereocenters. The first-order valence-electron chi connectivity index (χ1n) is 15.4. The van der Waals surface area contributed by atoms with Gasteiger partial charge in [-0.2, -0.15) is 0 Å². The van der Waals surface area contributed by atoms with Crippen molar-refractivity contribution in [2.24, 2.45) is 11.3 Å². The molecule has 1 aliphatic carbocycles. The number of carbonyl (C=O) groups excluding carboxylic acids is 1. The Kier molecular flexibility index (Phi) is 9.57. The molecule has 1 saturated heterocycles. The quantitative estimate of drug-likeness (QED) is 0.200. The number of pyridine rings is 2. The lowest BCUT2D eigenvalue weighted by Crippen LogP contribution is -2.60. The van der Waals surface area contributed by atoms with Crippen molar-refractivity contribution >= 4 is 33.9 Å². The van der Waals surface area contributed by atoms with Crippen molar-refractivity contribution in [2.75, 3.05) is 19.6 Å². The van der Waals surface area contributed by atoms with Crippen LogP contribution in [0.2, 0.25) is 0 Å². The summed E-state index contributed by atoms with van der Waals surface area (Å²) in [6.07, 6.45) is 5.63. The van der Waals surface area contributed by atoms with Crippen LogP contribution < -0.4 is 10.9 Å². The number of aliphatic hydroxyl groups is 1. The monoisotopic (exact) mass is 630 g/mol. The summed E-state index contributed by atoms with van der Waals surface area (Å²) in [5, 5.41) is 21.4. The lowest BCUT2D eigenvalue weighted by molar-refractivity contribution is -0.122. The van der Waals surface area contributed by atoms with Crippen LogP contribution in [0.3, 0.4) is 0 Å². The molecule has 1 aromatic carbocycles. The third-order valence-corrected chi connectivity index (χ3v) is 9.96. The number of amides is 1. The van der Waals surface area contributed by atoms with Crippen LogP contribution in [-0.4, -0.2) is 62.7 Å². The fraction of sp³-hybridized carbons (Fsp3) is 0.429. The van der Waals surface area contributed by atoms with Crippen LogP contribution in [0.1, 0.15) is 73.1 Å². The molecule has 0 saturated carbocycles. The number of carboxylic acid groups (broad SMARTS) is 1. The van der Waals surface area contributed by atoms with E-state index in [4.69, 9.17) is 14.9 Å². The number of carbonyl (C=O) groups is 2. The standard InChI is InChI=1S/C34H40N4O3S.CH2O2/c1-33(2,3)26-10-11-27-24(16-26)15-25-17-29(42-32(25)37-27)31(40)36-28(13-14-38-19-34(4,41)20-38)22-7-5-21(6-8-22)23-9-12-30(39)35-18-23;2-1-3/h5-9,12,15,17-18,26,28,41H,10-11,13-14,16,19-20H2,1-4H3,(H,35,39)(H,36,40);1H,(H,2,3)/t26-,28+;/m0./s1. The van der Waals surface area contributed by atoms with E-state index in [1.54, 1.807) is 12.3 Å². The molecule has 1 amide bonds. The summed E-state index contributed by atoms with van der Waals surface area (Å²) in [4.78, 5) is 45.0. The van der Waals surface area contributed by atoms with Crippen LogP contribution in [0.15, 0.2) is 59.5 Å². The summed E-state index contributed by atoms with van der Waals surface area (Å²) in [6.45, 7) is 10.6. The number of aromatic amines is 1. The second kappa shape index (κ2) is 13.2. The number of nitrogens with zero attached hydrogens (tertiary/aromatic N) is 2. The van der Waals surface area contributed by atoms with Gasteiger partial charge in [0.2, 0.25) is 5.56 Å². The number of β-amino-alcohol motifs (C(OH)–C–C–N with tert-alkyl or cyclic N) is 1. The molecule has 3 aromatic heterocycles. The number of hydrogen-bond acceptors (Lipinski definition) is 7. The first-order valence-corrected chi connectivity index (χ1v) is 16.2. The molecule has 4 heterocycles. The zero-order chi connectivity index (χ0) is 32.4. The molecule has 4 N–H and O–H groups in total. The van der Waals surface area contributed by atoms with E-state index in [9.17, 15) is 14.7 Å². The first-order chi connectivity index (χ1) is 21.3. The van der Waals surface area contributed by atoms with Gasteiger partial charge in [-0.3, -0.25) is 19.3 Å². The number of hydrogen-bond donors (Lipinski definition) is 4. The zero-order valence-electron chi connectivity index (χ0n) is 26.3. The van der Waals surface area contributed by atoms with Gasteiger partial charge >= 0.3 is 0 Å². The Morgan fingerprint density at radius 3 is 2.49 bits per heavy atom. The summed E-state index contributed by atoms with van der Waals surface area (Å²) in [5.41, 5.74) is 4.96. The number of nitrogens with one attached hydrogen (secondary N) is 2. The predicted molar refractivity (Wildman–Crippen MR) is 178 cm³/mol. The Hall–Kier alpha value is -3.86. The largest absolute Gasteiger partial charge is 0.483 e. The van der Waals surface area contributed by atoms with E-state index in [2.05, 4.69) is 42.0 Å². The fourth-order valence-electron chi connectivity index (χ4n) is 6.41. The minimum atomic E-state index is -0.632. The van der Waals surface area contributed by atoms with Gasteiger partial charge in [0.1, 0.15) is 4.83 Å². The van der Waals surface area contributed by atoms with E-state index in [0.717, 1.165) is 59.1 Å². The molecule has 2 aliphatic rings. The zero-order valence-corrected chi connectivity index (χ0v) is 27.1. The van der Waals surface area contributed by atoms with Gasteiger partial charge < -0.3 is 20.5 Å². The van der Waals surface area contributed by atoms with E-state index in [0.29, 0.717) is 23.9 Å². The van der Waals surface area contributed by atoms with Gasteiger partial charge in [-0.25, -0.2) is 4.98 Å². The fourth-order valence-corrected chi connectivity index (χ4v) is 7.35. The summed E-state index contributed by atoms with van der Waals surface area (Å²) in [6, 6.07) is 15.5. The Bertz CT molecular complexity index is 1690. The highest BCUT2D eigenvalue weighted by Crippen LogP contribution is 2.38. The average molecular weight is 631 g/mol. The number of aromatic nitrogens is 2. The minimum absolute atomic E-state index is 0.0890. The van der Waals surface area contributed by atoms with Gasteiger partial charge in [0.15, 0.2) is 0 Å². The minimum Gasteiger partial charge on any atom is -0.483 e. The van der Waals surface area contributed by atoms with Crippen LogP contribution in [0.25, 0.3) is 21.3 Å². The number of thiophene rings is 1. The van der Waals surface area contributed by atoms with E-state index in [1.807, 2.05) is 37.3 Å². The first kappa shape index (κ1) is 32.5. The molecule has 45 heavy (non-hydrogen) atoms. The molecule has 0 bridgehead atoms. The summed E-state index contributed by atoms with van der Waals surface area (Å²) in [7, 11) is 0. The van der Waals surface area contributed by atoms with Crippen LogP contribution in [0.4, 0.5) is 0 Å². The third kappa shape index (κ3) is 7.87. The Labute approximate surface area is 267 Å². The number of fused-ring (bicyclic) bond motifs is 2. The highest BCUT2D eigenvalue weighted by atomic mass is 32.1. The molecule has 1 fully saturated rings. The molecular formula is C35H42N4O5S. The highest BCUT2D eigenvalue weighted by molar-refractivity contribution is 7.20. The Morgan fingerprint density at radius 1 is 1.18 bits per heavy atom. The SMILES string of the molecule is CC1(O)CN(CC[C@@H](NC(=O)c2cc3cc4c(nc3s2)CC[C@H](C(C)(C)C)C4)c2ccc(-c3ccc(=O)[nH]c3)cc2)C1.O=CO. The number of aryl methyl sites for hydroxylation is 1. The van der Waals surface area contributed by atoms with Crippen molar-refractivity contribution in [2.45, 2.75) is 65.0 Å². The molecule has 0 spiro atoms. The van der Waals surface area contributed by atoms with Gasteiger partial charge in [0.05, 0.1) is 16.5 Å². The molecule has 0 unspecified atom stereocenters. The maximum absolute atomic E-state index is 13.6. The second-order valence-electron chi connectivity index (χ2n) is 13.6. The molecule has 1 aliphatic heterocycles. The summed E-state index contributed by atoms with van der Waals surface area (Å²) in [5.74, 6) is 0.547. The topological polar surface area (TPSA) is 136 Å². The maximum atomic E-state index is 13.6. The molecular weight excluding hydrogens is 588 g/mol. The summed E-state index contributed by atoms with van der Waals surface area (Å²) >= 11 is 1.47. The second-order valence-corrected chi connectivity index (χ2v) is 14.6. The third-order valence-electron chi connectivity index (χ3n) is 8.92.